The maximum Gasteiger partial charge on any atom is 0.261 e. The number of nitrogens with two attached hydrogens (primary N) is 1. The van der Waals surface area contributed by atoms with Crippen molar-refractivity contribution in [3.63, 3.8) is 0 Å². The van der Waals surface area contributed by atoms with Crippen molar-refractivity contribution in [1.29, 1.82) is 0 Å². The number of carbonyl (C=O) groups is 1. The molecular weight excluding hydrogens is 378 g/mol. The first-order chi connectivity index (χ1) is 12.1. The van der Waals surface area contributed by atoms with E-state index < -0.39 is 26.0 Å². The molecule has 2 aromatic carbocycles. The standard InChI is InChI=1S/C16H17N3O5S2/c1-2-10-18-16(20)14-8-3-4-9-15(14)19-26(23,24)13-7-5-6-12(11-13)25(17,21)22/h2-9,11,19H,1,10H2,(H,18,20)(H2,17,21,22). The number of benzene rings is 2. The van der Waals surface area contributed by atoms with Crippen LogP contribution in [0.1, 0.15) is 10.4 Å². The largest absolute Gasteiger partial charge is 0.349 e. The van der Waals surface area contributed by atoms with Gasteiger partial charge in [0.25, 0.3) is 15.9 Å². The summed E-state index contributed by atoms with van der Waals surface area (Å²) in [5.74, 6) is -0.485. The number of sulfonamides is 2. The summed E-state index contributed by atoms with van der Waals surface area (Å²) in [4.78, 5) is 11.5. The number of carbonyl (C=O) groups excluding carboxylic acids is 1. The van der Waals surface area contributed by atoms with Crippen LogP contribution in [0, 0.1) is 0 Å². The van der Waals surface area contributed by atoms with Crippen molar-refractivity contribution >= 4 is 31.6 Å². The van der Waals surface area contributed by atoms with Gasteiger partial charge in [-0.2, -0.15) is 0 Å². The minimum absolute atomic E-state index is 0.0510. The molecule has 0 heterocycles. The molecule has 0 aliphatic heterocycles. The van der Waals surface area contributed by atoms with Gasteiger partial charge in [-0.3, -0.25) is 9.52 Å². The Morgan fingerprint density at radius 2 is 1.69 bits per heavy atom. The molecule has 2 rings (SSSR count). The fraction of sp³-hybridized carbons (Fsp3) is 0.0625. The molecule has 0 aromatic heterocycles. The number of nitrogens with one attached hydrogen (secondary N) is 2. The molecule has 10 heteroatoms. The number of hydrogen-bond acceptors (Lipinski definition) is 5. The fourth-order valence-corrected chi connectivity index (χ4v) is 3.81. The van der Waals surface area contributed by atoms with Crippen molar-refractivity contribution in [2.75, 3.05) is 11.3 Å². The fourth-order valence-electron chi connectivity index (χ4n) is 2.05. The van der Waals surface area contributed by atoms with Crippen LogP contribution in [0.3, 0.4) is 0 Å². The summed E-state index contributed by atoms with van der Waals surface area (Å²) in [6.45, 7) is 3.71. The van der Waals surface area contributed by atoms with E-state index in [1.807, 2.05) is 0 Å². The Labute approximate surface area is 151 Å². The lowest BCUT2D eigenvalue weighted by atomic mass is 10.1. The van der Waals surface area contributed by atoms with Gasteiger partial charge in [0.1, 0.15) is 0 Å². The molecule has 0 spiro atoms. The molecule has 0 saturated heterocycles. The van der Waals surface area contributed by atoms with Gasteiger partial charge in [0.15, 0.2) is 0 Å². The van der Waals surface area contributed by atoms with Crippen LogP contribution < -0.4 is 15.2 Å². The monoisotopic (exact) mass is 395 g/mol. The summed E-state index contributed by atoms with van der Waals surface area (Å²) in [5, 5.41) is 7.58. The molecule has 0 saturated carbocycles. The Morgan fingerprint density at radius 1 is 1.04 bits per heavy atom. The highest BCUT2D eigenvalue weighted by Gasteiger charge is 2.20. The molecule has 1 amide bonds. The topological polar surface area (TPSA) is 135 Å². The van der Waals surface area contributed by atoms with Crippen molar-refractivity contribution in [3.05, 3.63) is 66.7 Å². The Kier molecular flexibility index (Phi) is 5.80. The SMILES string of the molecule is C=CCNC(=O)c1ccccc1NS(=O)(=O)c1cccc(S(N)(=O)=O)c1. The Balaban J connectivity index is 2.39. The van der Waals surface area contributed by atoms with Crippen LogP contribution in [0.5, 0.6) is 0 Å². The average Bonchev–Trinajstić information content (AvgIpc) is 2.59. The van der Waals surface area contributed by atoms with E-state index in [1.165, 1.54) is 36.4 Å². The molecule has 0 aliphatic rings. The van der Waals surface area contributed by atoms with E-state index in [-0.39, 0.29) is 27.6 Å². The second-order valence-electron chi connectivity index (χ2n) is 5.17. The molecule has 0 bridgehead atoms. The van der Waals surface area contributed by atoms with E-state index >= 15 is 0 Å². The van der Waals surface area contributed by atoms with E-state index in [0.29, 0.717) is 0 Å². The second kappa shape index (κ2) is 7.68. The predicted molar refractivity (Wildman–Crippen MR) is 97.6 cm³/mol. The number of amides is 1. The summed E-state index contributed by atoms with van der Waals surface area (Å²) in [7, 11) is -8.20. The Bertz CT molecular complexity index is 1050. The zero-order chi connectivity index (χ0) is 19.4. The molecular formula is C16H17N3O5S2. The highest BCUT2D eigenvalue weighted by atomic mass is 32.2. The van der Waals surface area contributed by atoms with Gasteiger partial charge in [0.2, 0.25) is 10.0 Å². The molecule has 0 radical (unpaired) electrons. The molecule has 0 unspecified atom stereocenters. The molecule has 2 aromatic rings. The maximum absolute atomic E-state index is 12.6. The third-order valence-electron chi connectivity index (χ3n) is 3.27. The van der Waals surface area contributed by atoms with E-state index in [0.717, 1.165) is 6.07 Å². The van der Waals surface area contributed by atoms with Crippen LogP contribution in [-0.4, -0.2) is 29.3 Å². The van der Waals surface area contributed by atoms with Crippen molar-refractivity contribution in [2.24, 2.45) is 5.14 Å². The van der Waals surface area contributed by atoms with E-state index in [9.17, 15) is 21.6 Å². The van der Waals surface area contributed by atoms with Crippen LogP contribution >= 0.6 is 0 Å². The van der Waals surface area contributed by atoms with Crippen molar-refractivity contribution in [2.45, 2.75) is 9.79 Å². The van der Waals surface area contributed by atoms with Gasteiger partial charge in [-0.05, 0) is 30.3 Å². The Hall–Kier alpha value is -2.69. The van der Waals surface area contributed by atoms with Crippen LogP contribution in [0.2, 0.25) is 0 Å². The molecule has 138 valence electrons. The molecule has 0 atom stereocenters. The van der Waals surface area contributed by atoms with Gasteiger partial charge in [0.05, 0.1) is 21.0 Å². The highest BCUT2D eigenvalue weighted by Crippen LogP contribution is 2.21. The molecule has 0 aliphatic carbocycles. The lowest BCUT2D eigenvalue weighted by molar-refractivity contribution is 0.0959. The first-order valence-corrected chi connectivity index (χ1v) is 10.3. The highest BCUT2D eigenvalue weighted by molar-refractivity contribution is 7.93. The van der Waals surface area contributed by atoms with Crippen molar-refractivity contribution < 1.29 is 21.6 Å². The number of para-hydroxylation sites is 1. The third-order valence-corrected chi connectivity index (χ3v) is 5.54. The summed E-state index contributed by atoms with van der Waals surface area (Å²) in [5.41, 5.74) is 0.163. The van der Waals surface area contributed by atoms with Gasteiger partial charge in [0, 0.05) is 6.54 Å². The molecule has 4 N–H and O–H groups in total. The summed E-state index contributed by atoms with van der Waals surface area (Å²) < 4.78 is 50.3. The van der Waals surface area contributed by atoms with E-state index in [4.69, 9.17) is 5.14 Å². The van der Waals surface area contributed by atoms with Crippen molar-refractivity contribution in [1.82, 2.24) is 5.32 Å². The van der Waals surface area contributed by atoms with E-state index in [2.05, 4.69) is 16.6 Å². The van der Waals surface area contributed by atoms with E-state index in [1.54, 1.807) is 12.1 Å². The minimum Gasteiger partial charge on any atom is -0.349 e. The summed E-state index contributed by atoms with van der Waals surface area (Å²) in [6, 6.07) is 10.6. The minimum atomic E-state index is -4.14. The predicted octanol–water partition coefficient (Wildman–Crippen LogP) is 1.05. The van der Waals surface area contributed by atoms with Gasteiger partial charge >= 0.3 is 0 Å². The van der Waals surface area contributed by atoms with Crippen LogP contribution in [0.25, 0.3) is 0 Å². The maximum atomic E-state index is 12.6. The first-order valence-electron chi connectivity index (χ1n) is 7.29. The second-order valence-corrected chi connectivity index (χ2v) is 8.41. The average molecular weight is 395 g/mol. The van der Waals surface area contributed by atoms with Gasteiger partial charge < -0.3 is 5.32 Å². The van der Waals surface area contributed by atoms with Crippen LogP contribution in [0.4, 0.5) is 5.69 Å². The normalized spacial score (nSPS) is 11.6. The van der Waals surface area contributed by atoms with Gasteiger partial charge in [-0.1, -0.05) is 24.3 Å². The van der Waals surface area contributed by atoms with Crippen LogP contribution in [-0.2, 0) is 20.0 Å². The molecule has 8 nitrogen and oxygen atoms in total. The van der Waals surface area contributed by atoms with Gasteiger partial charge in [-0.15, -0.1) is 6.58 Å². The quantitative estimate of drug-likeness (QED) is 0.602. The lowest BCUT2D eigenvalue weighted by Crippen LogP contribution is -2.25. The number of rotatable bonds is 7. The lowest BCUT2D eigenvalue weighted by Gasteiger charge is -2.13. The number of hydrogen-bond donors (Lipinski definition) is 3. The molecule has 0 fully saturated rings. The zero-order valence-corrected chi connectivity index (χ0v) is 15.2. The third kappa shape index (κ3) is 4.69. The van der Waals surface area contributed by atoms with Crippen molar-refractivity contribution in [3.8, 4) is 0 Å². The van der Waals surface area contributed by atoms with Gasteiger partial charge in [-0.25, -0.2) is 22.0 Å². The summed E-state index contributed by atoms with van der Waals surface area (Å²) in [6.07, 6.45) is 1.49. The van der Waals surface area contributed by atoms with Crippen LogP contribution in [0.15, 0.2) is 71.0 Å². The summed E-state index contributed by atoms with van der Waals surface area (Å²) >= 11 is 0. The number of primary sulfonamides is 1. The molecule has 26 heavy (non-hydrogen) atoms. The smallest absolute Gasteiger partial charge is 0.261 e. The zero-order valence-electron chi connectivity index (χ0n) is 13.5. The first kappa shape index (κ1) is 19.6. The number of anilines is 1. The Morgan fingerprint density at radius 3 is 2.35 bits per heavy atom.